The number of carbonyl (C=O) groups excluding carboxylic acids is 1. The SMILES string of the molecule is C=C[Si](C)(C)COC(=O)c1ccc(OCC)cc1. The van der Waals surface area contributed by atoms with E-state index in [4.69, 9.17) is 9.47 Å². The van der Waals surface area contributed by atoms with Gasteiger partial charge in [-0.25, -0.2) is 4.79 Å². The van der Waals surface area contributed by atoms with Crippen LogP contribution < -0.4 is 4.74 Å². The molecule has 0 spiro atoms. The van der Waals surface area contributed by atoms with Crippen molar-refractivity contribution >= 4 is 14.0 Å². The monoisotopic (exact) mass is 264 g/mol. The summed E-state index contributed by atoms with van der Waals surface area (Å²) in [6.07, 6.45) is 0.461. The molecule has 3 nitrogen and oxygen atoms in total. The van der Waals surface area contributed by atoms with Gasteiger partial charge in [0.05, 0.1) is 18.4 Å². The molecule has 4 heteroatoms. The molecule has 98 valence electrons. The highest BCUT2D eigenvalue weighted by atomic mass is 28.3. The maximum Gasteiger partial charge on any atom is 0.337 e. The van der Waals surface area contributed by atoms with Crippen LogP contribution in [-0.4, -0.2) is 26.9 Å². The summed E-state index contributed by atoms with van der Waals surface area (Å²) in [5, 5.41) is 0. The Kier molecular flexibility index (Phi) is 5.16. The van der Waals surface area contributed by atoms with Crippen molar-refractivity contribution in [2.45, 2.75) is 20.0 Å². The predicted molar refractivity (Wildman–Crippen MR) is 75.6 cm³/mol. The lowest BCUT2D eigenvalue weighted by Gasteiger charge is -2.16. The minimum Gasteiger partial charge on any atom is -0.494 e. The molecule has 0 aliphatic heterocycles. The van der Waals surface area contributed by atoms with Gasteiger partial charge in [0.2, 0.25) is 0 Å². The van der Waals surface area contributed by atoms with Gasteiger partial charge in [-0.2, -0.15) is 0 Å². The van der Waals surface area contributed by atoms with Crippen LogP contribution in [0.2, 0.25) is 13.1 Å². The first-order valence-corrected chi connectivity index (χ1v) is 9.30. The quantitative estimate of drug-likeness (QED) is 0.584. The minimum atomic E-state index is -1.60. The smallest absolute Gasteiger partial charge is 0.337 e. The molecule has 0 saturated heterocycles. The van der Waals surface area contributed by atoms with E-state index in [-0.39, 0.29) is 5.97 Å². The van der Waals surface area contributed by atoms with Crippen molar-refractivity contribution in [3.63, 3.8) is 0 Å². The molecule has 0 heterocycles. The first kappa shape index (κ1) is 14.5. The van der Waals surface area contributed by atoms with E-state index in [1.54, 1.807) is 24.3 Å². The molecule has 1 rings (SSSR count). The second-order valence-electron chi connectivity index (χ2n) is 4.73. The van der Waals surface area contributed by atoms with Crippen molar-refractivity contribution in [3.8, 4) is 5.75 Å². The molecule has 0 N–H and O–H groups in total. The van der Waals surface area contributed by atoms with Crippen LogP contribution >= 0.6 is 0 Å². The van der Waals surface area contributed by atoms with E-state index in [9.17, 15) is 4.79 Å². The van der Waals surface area contributed by atoms with Gasteiger partial charge in [0.15, 0.2) is 0 Å². The first-order valence-electron chi connectivity index (χ1n) is 6.02. The van der Waals surface area contributed by atoms with Gasteiger partial charge < -0.3 is 9.47 Å². The Bertz CT molecular complexity index is 410. The lowest BCUT2D eigenvalue weighted by molar-refractivity contribution is 0.0566. The van der Waals surface area contributed by atoms with Crippen molar-refractivity contribution in [2.24, 2.45) is 0 Å². The number of carbonyl (C=O) groups is 1. The fourth-order valence-electron chi connectivity index (χ4n) is 1.25. The van der Waals surface area contributed by atoms with Crippen molar-refractivity contribution in [1.82, 2.24) is 0 Å². The molecule has 1 aromatic carbocycles. The van der Waals surface area contributed by atoms with Gasteiger partial charge in [0.1, 0.15) is 13.8 Å². The molecule has 0 bridgehead atoms. The highest BCUT2D eigenvalue weighted by Crippen LogP contribution is 2.13. The lowest BCUT2D eigenvalue weighted by Crippen LogP contribution is -2.31. The number of esters is 1. The highest BCUT2D eigenvalue weighted by Gasteiger charge is 2.19. The predicted octanol–water partition coefficient (Wildman–Crippen LogP) is 3.21. The van der Waals surface area contributed by atoms with Crippen molar-refractivity contribution in [2.75, 3.05) is 12.8 Å². The number of benzene rings is 1. The van der Waals surface area contributed by atoms with Gasteiger partial charge in [-0.3, -0.25) is 0 Å². The Labute approximate surface area is 109 Å². The van der Waals surface area contributed by atoms with Crippen molar-refractivity contribution in [1.29, 1.82) is 0 Å². The van der Waals surface area contributed by atoms with Gasteiger partial charge in [-0.15, -0.1) is 6.58 Å². The van der Waals surface area contributed by atoms with Crippen molar-refractivity contribution < 1.29 is 14.3 Å². The lowest BCUT2D eigenvalue weighted by atomic mass is 10.2. The van der Waals surface area contributed by atoms with Gasteiger partial charge in [-0.05, 0) is 31.2 Å². The number of hydrogen-bond acceptors (Lipinski definition) is 3. The van der Waals surface area contributed by atoms with E-state index in [1.165, 1.54) is 0 Å². The third kappa shape index (κ3) is 4.37. The molecule has 0 aromatic heterocycles. The Morgan fingerprint density at radius 2 is 1.94 bits per heavy atom. The molecule has 18 heavy (non-hydrogen) atoms. The summed E-state index contributed by atoms with van der Waals surface area (Å²) in [6.45, 7) is 10.5. The topological polar surface area (TPSA) is 35.5 Å². The fourth-order valence-corrected chi connectivity index (χ4v) is 1.87. The van der Waals surface area contributed by atoms with Gasteiger partial charge >= 0.3 is 5.97 Å². The second-order valence-corrected chi connectivity index (χ2v) is 9.40. The largest absolute Gasteiger partial charge is 0.494 e. The normalized spacial score (nSPS) is 10.8. The molecule has 0 radical (unpaired) electrons. The van der Waals surface area contributed by atoms with E-state index in [2.05, 4.69) is 19.7 Å². The van der Waals surface area contributed by atoms with E-state index < -0.39 is 8.07 Å². The van der Waals surface area contributed by atoms with Crippen LogP contribution in [0.4, 0.5) is 0 Å². The molecule has 1 aromatic rings. The summed E-state index contributed by atoms with van der Waals surface area (Å²) in [4.78, 5) is 11.8. The minimum absolute atomic E-state index is 0.291. The van der Waals surface area contributed by atoms with Crippen LogP contribution in [0, 0.1) is 0 Å². The van der Waals surface area contributed by atoms with E-state index >= 15 is 0 Å². The van der Waals surface area contributed by atoms with Gasteiger partial charge in [0, 0.05) is 0 Å². The molecular weight excluding hydrogens is 244 g/mol. The molecule has 0 amide bonds. The molecular formula is C14H20O3Si. The average molecular weight is 264 g/mol. The van der Waals surface area contributed by atoms with E-state index in [0.717, 1.165) is 5.75 Å². The van der Waals surface area contributed by atoms with Crippen LogP contribution in [-0.2, 0) is 4.74 Å². The molecule has 0 atom stereocenters. The van der Waals surface area contributed by atoms with Crippen LogP contribution in [0.5, 0.6) is 5.75 Å². The number of ether oxygens (including phenoxy) is 2. The maximum atomic E-state index is 11.8. The summed E-state index contributed by atoms with van der Waals surface area (Å²) in [7, 11) is -1.60. The third-order valence-electron chi connectivity index (χ3n) is 2.53. The Hall–Kier alpha value is -1.55. The van der Waals surface area contributed by atoms with Crippen LogP contribution in [0.3, 0.4) is 0 Å². The molecule has 0 fully saturated rings. The van der Waals surface area contributed by atoms with Gasteiger partial charge in [0.25, 0.3) is 0 Å². The summed E-state index contributed by atoms with van der Waals surface area (Å²) in [5.74, 6) is 0.468. The Morgan fingerprint density at radius 1 is 1.33 bits per heavy atom. The Balaban J connectivity index is 2.59. The molecule has 0 aliphatic carbocycles. The van der Waals surface area contributed by atoms with E-state index in [0.29, 0.717) is 18.4 Å². The highest BCUT2D eigenvalue weighted by molar-refractivity contribution is 6.82. The van der Waals surface area contributed by atoms with Crippen LogP contribution in [0.1, 0.15) is 17.3 Å². The third-order valence-corrected chi connectivity index (χ3v) is 4.52. The molecule has 0 saturated carbocycles. The zero-order valence-corrected chi connectivity index (χ0v) is 12.2. The number of hydrogen-bond donors (Lipinski definition) is 0. The summed E-state index contributed by atoms with van der Waals surface area (Å²) >= 11 is 0. The maximum absolute atomic E-state index is 11.8. The molecule has 0 unspecified atom stereocenters. The Morgan fingerprint density at radius 3 is 2.44 bits per heavy atom. The van der Waals surface area contributed by atoms with Crippen LogP contribution in [0.15, 0.2) is 36.5 Å². The zero-order chi connectivity index (χ0) is 13.6. The molecule has 0 aliphatic rings. The first-order chi connectivity index (χ1) is 8.48. The van der Waals surface area contributed by atoms with Gasteiger partial charge in [-0.1, -0.05) is 18.8 Å². The summed E-state index contributed by atoms with van der Waals surface area (Å²) < 4.78 is 10.6. The summed E-state index contributed by atoms with van der Waals surface area (Å²) in [6, 6.07) is 6.98. The fraction of sp³-hybridized carbons (Fsp3) is 0.357. The second kappa shape index (κ2) is 6.40. The van der Waals surface area contributed by atoms with Crippen LogP contribution in [0.25, 0.3) is 0 Å². The van der Waals surface area contributed by atoms with Crippen molar-refractivity contribution in [3.05, 3.63) is 42.1 Å². The number of rotatable bonds is 6. The standard InChI is InChI=1S/C14H20O3Si/c1-5-16-13-9-7-12(8-10-13)14(15)17-11-18(3,4)6-2/h6-10H,2,5,11H2,1,3-4H3. The summed E-state index contributed by atoms with van der Waals surface area (Å²) in [5.41, 5.74) is 2.46. The average Bonchev–Trinajstić information content (AvgIpc) is 2.37. The zero-order valence-electron chi connectivity index (χ0n) is 11.2. The van der Waals surface area contributed by atoms with E-state index in [1.807, 2.05) is 12.6 Å².